The van der Waals surface area contributed by atoms with E-state index in [1.54, 1.807) is 12.1 Å². The van der Waals surface area contributed by atoms with Crippen LogP contribution in [0, 0.1) is 12.7 Å². The fourth-order valence-corrected chi connectivity index (χ4v) is 2.73. The zero-order valence-corrected chi connectivity index (χ0v) is 14.2. The highest BCUT2D eigenvalue weighted by Crippen LogP contribution is 2.18. The van der Waals surface area contributed by atoms with Crippen LogP contribution in [0.3, 0.4) is 0 Å². The predicted octanol–water partition coefficient (Wildman–Crippen LogP) is 2.22. The van der Waals surface area contributed by atoms with Crippen molar-refractivity contribution in [1.82, 2.24) is 15.3 Å². The molecule has 1 amide bonds. The Morgan fingerprint density at radius 1 is 1.28 bits per heavy atom. The number of anilines is 1. The van der Waals surface area contributed by atoms with Gasteiger partial charge in [-0.3, -0.25) is 4.79 Å². The van der Waals surface area contributed by atoms with Crippen LogP contribution in [0.4, 0.5) is 10.2 Å². The molecule has 1 N–H and O–H groups in total. The normalized spacial score (nSPS) is 13.8. The van der Waals surface area contributed by atoms with E-state index in [4.69, 9.17) is 4.74 Å². The van der Waals surface area contributed by atoms with E-state index in [-0.39, 0.29) is 24.8 Å². The maximum absolute atomic E-state index is 13.4. The van der Waals surface area contributed by atoms with Crippen LogP contribution in [-0.4, -0.2) is 35.6 Å². The molecule has 0 saturated carbocycles. The first kappa shape index (κ1) is 17.1. The summed E-state index contributed by atoms with van der Waals surface area (Å²) in [6, 6.07) is 7.94. The summed E-state index contributed by atoms with van der Waals surface area (Å²) < 4.78 is 18.6. The Morgan fingerprint density at radius 3 is 2.80 bits per heavy atom. The van der Waals surface area contributed by atoms with Gasteiger partial charge in [-0.25, -0.2) is 14.4 Å². The lowest BCUT2D eigenvalue weighted by Gasteiger charge is -2.17. The van der Waals surface area contributed by atoms with Crippen LogP contribution < -0.4 is 15.0 Å². The third-order valence-corrected chi connectivity index (χ3v) is 3.96. The first-order chi connectivity index (χ1) is 12.1. The second-order valence-electron chi connectivity index (χ2n) is 5.97. The number of aromatic nitrogens is 2. The van der Waals surface area contributed by atoms with Crippen LogP contribution in [0.25, 0.3) is 0 Å². The van der Waals surface area contributed by atoms with Gasteiger partial charge >= 0.3 is 0 Å². The van der Waals surface area contributed by atoms with E-state index in [2.05, 4.69) is 20.2 Å². The summed E-state index contributed by atoms with van der Waals surface area (Å²) >= 11 is 0. The lowest BCUT2D eigenvalue weighted by molar-refractivity contribution is -0.123. The number of halogens is 1. The van der Waals surface area contributed by atoms with Gasteiger partial charge in [0.15, 0.2) is 18.2 Å². The smallest absolute Gasteiger partial charge is 0.258 e. The van der Waals surface area contributed by atoms with Crippen molar-refractivity contribution >= 4 is 11.7 Å². The molecule has 0 bridgehead atoms. The van der Waals surface area contributed by atoms with E-state index in [1.807, 2.05) is 13.0 Å². The van der Waals surface area contributed by atoms with Crippen LogP contribution in [0.1, 0.15) is 24.4 Å². The van der Waals surface area contributed by atoms with Crippen molar-refractivity contribution in [2.75, 3.05) is 24.6 Å². The van der Waals surface area contributed by atoms with E-state index in [9.17, 15) is 9.18 Å². The predicted molar refractivity (Wildman–Crippen MR) is 92.0 cm³/mol. The third-order valence-electron chi connectivity index (χ3n) is 3.96. The lowest BCUT2D eigenvalue weighted by Crippen LogP contribution is -2.29. The number of hydrogen-bond acceptors (Lipinski definition) is 5. The molecule has 0 aliphatic carbocycles. The number of para-hydroxylation sites is 1. The van der Waals surface area contributed by atoms with Crippen LogP contribution in [0.5, 0.6) is 5.75 Å². The minimum absolute atomic E-state index is 0.0563. The Hall–Kier alpha value is -2.70. The van der Waals surface area contributed by atoms with Crippen molar-refractivity contribution in [2.45, 2.75) is 26.3 Å². The van der Waals surface area contributed by atoms with Crippen LogP contribution >= 0.6 is 0 Å². The summed E-state index contributed by atoms with van der Waals surface area (Å²) in [5.41, 5.74) is 0.865. The van der Waals surface area contributed by atoms with Crippen molar-refractivity contribution in [2.24, 2.45) is 0 Å². The molecule has 0 atom stereocenters. The number of aryl methyl sites for hydroxylation is 1. The van der Waals surface area contributed by atoms with Crippen molar-refractivity contribution in [3.63, 3.8) is 0 Å². The quantitative estimate of drug-likeness (QED) is 0.870. The van der Waals surface area contributed by atoms with E-state index in [1.165, 1.54) is 25.0 Å². The molecule has 0 radical (unpaired) electrons. The summed E-state index contributed by atoms with van der Waals surface area (Å²) in [6.07, 6.45) is 2.34. The van der Waals surface area contributed by atoms with Gasteiger partial charge in [-0.15, -0.1) is 0 Å². The van der Waals surface area contributed by atoms with Crippen LogP contribution in [0.2, 0.25) is 0 Å². The van der Waals surface area contributed by atoms with E-state index in [0.29, 0.717) is 5.82 Å². The molecule has 1 saturated heterocycles. The number of carbonyl (C=O) groups excluding carboxylic acids is 1. The molecule has 0 unspecified atom stereocenters. The number of carbonyl (C=O) groups is 1. The Labute approximate surface area is 146 Å². The van der Waals surface area contributed by atoms with Gasteiger partial charge < -0.3 is 15.0 Å². The number of rotatable bonds is 6. The zero-order valence-electron chi connectivity index (χ0n) is 14.2. The molecule has 1 aromatic carbocycles. The molecule has 0 spiro atoms. The number of benzene rings is 1. The Balaban J connectivity index is 1.54. The van der Waals surface area contributed by atoms with Crippen molar-refractivity contribution in [3.8, 4) is 5.75 Å². The standard InChI is InChI=1S/C18H21FN4O2/c1-13-10-17(23-8-4-5-9-23)22-16(21-13)11-20-18(24)12-25-15-7-3-2-6-14(15)19/h2-3,6-7,10H,4-5,8-9,11-12H2,1H3,(H,20,24). The molecule has 132 valence electrons. The van der Waals surface area contributed by atoms with Gasteiger partial charge in [0.1, 0.15) is 11.6 Å². The minimum Gasteiger partial charge on any atom is -0.481 e. The van der Waals surface area contributed by atoms with Gasteiger partial charge in [-0.2, -0.15) is 0 Å². The Bertz CT molecular complexity index is 748. The van der Waals surface area contributed by atoms with E-state index >= 15 is 0 Å². The molecule has 3 rings (SSSR count). The molecule has 1 aliphatic heterocycles. The Morgan fingerprint density at radius 2 is 2.04 bits per heavy atom. The Kier molecular flexibility index (Phi) is 5.42. The molecular weight excluding hydrogens is 323 g/mol. The van der Waals surface area contributed by atoms with E-state index in [0.717, 1.165) is 24.6 Å². The maximum atomic E-state index is 13.4. The third kappa shape index (κ3) is 4.65. The van der Waals surface area contributed by atoms with E-state index < -0.39 is 5.82 Å². The highest BCUT2D eigenvalue weighted by Gasteiger charge is 2.15. The fourth-order valence-electron chi connectivity index (χ4n) is 2.73. The molecule has 6 nitrogen and oxygen atoms in total. The molecule has 1 aliphatic rings. The number of amides is 1. The highest BCUT2D eigenvalue weighted by atomic mass is 19.1. The molecule has 25 heavy (non-hydrogen) atoms. The zero-order chi connectivity index (χ0) is 17.6. The average molecular weight is 344 g/mol. The number of hydrogen-bond donors (Lipinski definition) is 1. The first-order valence-electron chi connectivity index (χ1n) is 8.35. The van der Waals surface area contributed by atoms with Gasteiger partial charge in [0, 0.05) is 24.8 Å². The maximum Gasteiger partial charge on any atom is 0.258 e. The van der Waals surface area contributed by atoms with Crippen molar-refractivity contribution in [1.29, 1.82) is 0 Å². The summed E-state index contributed by atoms with van der Waals surface area (Å²) in [4.78, 5) is 23.0. The highest BCUT2D eigenvalue weighted by molar-refractivity contribution is 5.77. The van der Waals surface area contributed by atoms with Crippen molar-refractivity contribution in [3.05, 3.63) is 47.7 Å². The van der Waals surface area contributed by atoms with Gasteiger partial charge in [-0.1, -0.05) is 12.1 Å². The van der Waals surface area contributed by atoms with Crippen LogP contribution in [-0.2, 0) is 11.3 Å². The molecule has 2 heterocycles. The van der Waals surface area contributed by atoms with Gasteiger partial charge in [-0.05, 0) is 31.9 Å². The fraction of sp³-hybridized carbons (Fsp3) is 0.389. The second-order valence-corrected chi connectivity index (χ2v) is 5.97. The first-order valence-corrected chi connectivity index (χ1v) is 8.35. The molecule has 1 fully saturated rings. The number of ether oxygens (including phenoxy) is 1. The summed E-state index contributed by atoms with van der Waals surface area (Å²) in [5.74, 6) is 0.669. The summed E-state index contributed by atoms with van der Waals surface area (Å²) in [5, 5.41) is 2.70. The summed E-state index contributed by atoms with van der Waals surface area (Å²) in [7, 11) is 0. The molecule has 7 heteroatoms. The topological polar surface area (TPSA) is 67.4 Å². The minimum atomic E-state index is -0.493. The van der Waals surface area contributed by atoms with Crippen LogP contribution in [0.15, 0.2) is 30.3 Å². The lowest BCUT2D eigenvalue weighted by atomic mass is 10.3. The molecular formula is C18H21FN4O2. The number of nitrogens with one attached hydrogen (secondary N) is 1. The summed E-state index contributed by atoms with van der Waals surface area (Å²) in [6.45, 7) is 3.86. The average Bonchev–Trinajstić information content (AvgIpc) is 3.13. The van der Waals surface area contributed by atoms with Gasteiger partial charge in [0.05, 0.1) is 6.54 Å². The van der Waals surface area contributed by atoms with Crippen molar-refractivity contribution < 1.29 is 13.9 Å². The molecule has 2 aromatic rings. The van der Waals surface area contributed by atoms with Gasteiger partial charge in [0.2, 0.25) is 0 Å². The second kappa shape index (κ2) is 7.92. The largest absolute Gasteiger partial charge is 0.481 e. The number of nitrogens with zero attached hydrogens (tertiary/aromatic N) is 3. The SMILES string of the molecule is Cc1cc(N2CCCC2)nc(CNC(=O)COc2ccccc2F)n1. The van der Waals surface area contributed by atoms with Gasteiger partial charge in [0.25, 0.3) is 5.91 Å². The molecule has 1 aromatic heterocycles. The monoisotopic (exact) mass is 344 g/mol.